The molecule has 0 saturated carbocycles. The summed E-state index contributed by atoms with van der Waals surface area (Å²) in [5, 5.41) is 10.2. The van der Waals surface area contributed by atoms with Gasteiger partial charge in [0, 0.05) is 9.86 Å². The average molecular weight is 309 g/mol. The number of furan rings is 1. The van der Waals surface area contributed by atoms with Crippen molar-refractivity contribution < 1.29 is 9.52 Å². The fourth-order valence-corrected chi connectivity index (χ4v) is 2.20. The molecule has 0 aliphatic carbocycles. The Kier molecular flexibility index (Phi) is 2.49. The summed E-state index contributed by atoms with van der Waals surface area (Å²) < 4.78 is 6.34. The van der Waals surface area contributed by atoms with Crippen molar-refractivity contribution in [1.29, 1.82) is 0 Å². The molecule has 2 aromatic heterocycles. The van der Waals surface area contributed by atoms with Gasteiger partial charge in [0.15, 0.2) is 0 Å². The summed E-state index contributed by atoms with van der Waals surface area (Å²) in [4.78, 5) is 18.6. The van der Waals surface area contributed by atoms with Crippen LogP contribution in [0, 0.1) is 0 Å². The fourth-order valence-electron chi connectivity index (χ4n) is 1.84. The van der Waals surface area contributed by atoms with Crippen LogP contribution in [0.2, 0.25) is 0 Å². The number of nitrogens with one attached hydrogen (secondary N) is 1. The number of fused-ring (bicyclic) bond motifs is 3. The molecule has 2 N–H and O–H groups in total. The number of aliphatic hydroxyl groups excluding tert-OH is 1. The topological polar surface area (TPSA) is 79.1 Å². The predicted molar refractivity (Wildman–Crippen MR) is 70.5 cm³/mol. The van der Waals surface area contributed by atoms with Crippen molar-refractivity contribution in [3.05, 3.63) is 38.9 Å². The highest BCUT2D eigenvalue weighted by Crippen LogP contribution is 2.28. The van der Waals surface area contributed by atoms with Crippen LogP contribution in [0.4, 0.5) is 0 Å². The minimum absolute atomic E-state index is 0.174. The van der Waals surface area contributed by atoms with Crippen molar-refractivity contribution in [2.45, 2.75) is 13.0 Å². The second kappa shape index (κ2) is 3.93. The predicted octanol–water partition coefficient (Wildman–Crippen LogP) is 2.49. The molecule has 3 aromatic rings. The summed E-state index contributed by atoms with van der Waals surface area (Å²) in [6.07, 6.45) is -0.834. The lowest BCUT2D eigenvalue weighted by atomic mass is 10.2. The van der Waals surface area contributed by atoms with Crippen molar-refractivity contribution in [1.82, 2.24) is 9.97 Å². The zero-order valence-corrected chi connectivity index (χ0v) is 11.0. The number of aromatic amines is 1. The van der Waals surface area contributed by atoms with Crippen LogP contribution in [-0.4, -0.2) is 15.1 Å². The van der Waals surface area contributed by atoms with E-state index in [2.05, 4.69) is 25.9 Å². The van der Waals surface area contributed by atoms with Gasteiger partial charge in [-0.2, -0.15) is 0 Å². The van der Waals surface area contributed by atoms with Gasteiger partial charge in [-0.05, 0) is 25.1 Å². The first kappa shape index (κ1) is 11.4. The Morgan fingerprint density at radius 1 is 1.50 bits per heavy atom. The number of aromatic nitrogens is 2. The first-order valence-corrected chi connectivity index (χ1v) is 6.15. The van der Waals surface area contributed by atoms with Gasteiger partial charge in [-0.1, -0.05) is 15.9 Å². The molecule has 5 nitrogen and oxygen atoms in total. The number of hydrogen-bond donors (Lipinski definition) is 2. The molecule has 0 amide bonds. The quantitative estimate of drug-likeness (QED) is 0.724. The van der Waals surface area contributed by atoms with E-state index in [1.54, 1.807) is 13.0 Å². The van der Waals surface area contributed by atoms with Gasteiger partial charge in [0.2, 0.25) is 5.58 Å². The Morgan fingerprint density at radius 2 is 2.28 bits per heavy atom. The van der Waals surface area contributed by atoms with Crippen molar-refractivity contribution in [3.63, 3.8) is 0 Å². The van der Waals surface area contributed by atoms with E-state index >= 15 is 0 Å². The van der Waals surface area contributed by atoms with Gasteiger partial charge < -0.3 is 14.5 Å². The normalized spacial score (nSPS) is 13.3. The second-order valence-corrected chi connectivity index (χ2v) is 4.96. The molecule has 0 aliphatic rings. The van der Waals surface area contributed by atoms with Crippen molar-refractivity contribution in [3.8, 4) is 0 Å². The van der Waals surface area contributed by atoms with E-state index in [0.717, 1.165) is 9.86 Å². The van der Waals surface area contributed by atoms with E-state index in [0.29, 0.717) is 11.1 Å². The Morgan fingerprint density at radius 3 is 3.00 bits per heavy atom. The standard InChI is InChI=1S/C12H9BrN2O3/c1-5(16)11-14-9-7-4-6(13)2-3-8(7)18-10(9)12(17)15-11/h2-5,16H,1H3,(H,14,15,17)/t5-/m0/s1. The van der Waals surface area contributed by atoms with Crippen molar-refractivity contribution >= 4 is 38.0 Å². The van der Waals surface area contributed by atoms with Gasteiger partial charge in [0.1, 0.15) is 23.0 Å². The molecule has 18 heavy (non-hydrogen) atoms. The molecule has 0 radical (unpaired) electrons. The van der Waals surface area contributed by atoms with E-state index in [1.807, 2.05) is 12.1 Å². The van der Waals surface area contributed by atoms with E-state index in [9.17, 15) is 9.90 Å². The lowest BCUT2D eigenvalue weighted by Crippen LogP contribution is -2.12. The number of halogens is 1. The van der Waals surface area contributed by atoms with Crippen LogP contribution in [0.1, 0.15) is 18.9 Å². The molecule has 0 bridgehead atoms. The second-order valence-electron chi connectivity index (χ2n) is 4.05. The average Bonchev–Trinajstić information content (AvgIpc) is 2.68. The molecule has 0 unspecified atom stereocenters. The Hall–Kier alpha value is -1.66. The third kappa shape index (κ3) is 1.65. The lowest BCUT2D eigenvalue weighted by Gasteiger charge is -2.01. The smallest absolute Gasteiger partial charge is 0.294 e. The van der Waals surface area contributed by atoms with Gasteiger partial charge in [-0.25, -0.2) is 4.98 Å². The fraction of sp³-hybridized carbons (Fsp3) is 0.167. The van der Waals surface area contributed by atoms with Crippen molar-refractivity contribution in [2.24, 2.45) is 0 Å². The van der Waals surface area contributed by atoms with Gasteiger partial charge in [-0.3, -0.25) is 4.79 Å². The third-order valence-electron chi connectivity index (χ3n) is 2.70. The molecule has 2 heterocycles. The first-order chi connectivity index (χ1) is 8.56. The zero-order chi connectivity index (χ0) is 12.9. The summed E-state index contributed by atoms with van der Waals surface area (Å²) in [5.74, 6) is 0.232. The molecule has 6 heteroatoms. The number of benzene rings is 1. The summed E-state index contributed by atoms with van der Waals surface area (Å²) >= 11 is 3.36. The van der Waals surface area contributed by atoms with Gasteiger partial charge in [0.25, 0.3) is 5.56 Å². The van der Waals surface area contributed by atoms with E-state index in [1.165, 1.54) is 0 Å². The van der Waals surface area contributed by atoms with Crippen LogP contribution in [0.3, 0.4) is 0 Å². The summed E-state index contributed by atoms with van der Waals surface area (Å²) in [7, 11) is 0. The summed E-state index contributed by atoms with van der Waals surface area (Å²) in [5.41, 5.74) is 0.843. The number of aliphatic hydroxyl groups is 1. The molecule has 3 rings (SSSR count). The minimum Gasteiger partial charge on any atom is -0.449 e. The maximum atomic E-state index is 11.8. The SMILES string of the molecule is C[C@H](O)c1nc2c(oc3ccc(Br)cc32)c(=O)[nH]1. The van der Waals surface area contributed by atoms with Crippen LogP contribution >= 0.6 is 15.9 Å². The third-order valence-corrected chi connectivity index (χ3v) is 3.19. The van der Waals surface area contributed by atoms with E-state index < -0.39 is 6.10 Å². The van der Waals surface area contributed by atoms with Crippen LogP contribution in [0.25, 0.3) is 22.1 Å². The minimum atomic E-state index is -0.834. The molecule has 92 valence electrons. The molecule has 0 spiro atoms. The maximum absolute atomic E-state index is 11.8. The van der Waals surface area contributed by atoms with Crippen LogP contribution in [0.5, 0.6) is 0 Å². The van der Waals surface area contributed by atoms with Crippen LogP contribution in [0.15, 0.2) is 31.9 Å². The Bertz CT molecular complexity index is 804. The van der Waals surface area contributed by atoms with Gasteiger partial charge in [0.05, 0.1) is 0 Å². The summed E-state index contributed by atoms with van der Waals surface area (Å²) in [6, 6.07) is 5.43. The first-order valence-electron chi connectivity index (χ1n) is 5.36. The van der Waals surface area contributed by atoms with Crippen LogP contribution in [-0.2, 0) is 0 Å². The largest absolute Gasteiger partial charge is 0.449 e. The van der Waals surface area contributed by atoms with Crippen LogP contribution < -0.4 is 5.56 Å². The highest BCUT2D eigenvalue weighted by Gasteiger charge is 2.15. The molecule has 1 atom stereocenters. The molecule has 1 aromatic carbocycles. The van der Waals surface area contributed by atoms with Gasteiger partial charge in [-0.15, -0.1) is 0 Å². The number of hydrogen-bond acceptors (Lipinski definition) is 4. The monoisotopic (exact) mass is 308 g/mol. The molecule has 0 fully saturated rings. The zero-order valence-electron chi connectivity index (χ0n) is 9.40. The number of rotatable bonds is 1. The molecular weight excluding hydrogens is 300 g/mol. The highest BCUT2D eigenvalue weighted by molar-refractivity contribution is 9.10. The van der Waals surface area contributed by atoms with E-state index in [4.69, 9.17) is 4.42 Å². The highest BCUT2D eigenvalue weighted by atomic mass is 79.9. The number of H-pyrrole nitrogens is 1. The maximum Gasteiger partial charge on any atom is 0.294 e. The molecular formula is C12H9BrN2O3. The Labute approximate surface area is 110 Å². The number of nitrogens with zero attached hydrogens (tertiary/aromatic N) is 1. The molecule has 0 aliphatic heterocycles. The van der Waals surface area contributed by atoms with E-state index in [-0.39, 0.29) is 17.0 Å². The summed E-state index contributed by atoms with van der Waals surface area (Å²) in [6.45, 7) is 1.54. The molecule has 0 saturated heterocycles. The van der Waals surface area contributed by atoms with Crippen molar-refractivity contribution in [2.75, 3.05) is 0 Å². The Balaban J connectivity index is 2.49. The lowest BCUT2D eigenvalue weighted by molar-refractivity contribution is 0.189. The van der Waals surface area contributed by atoms with Gasteiger partial charge >= 0.3 is 0 Å².